The number of piperazine rings is 1. The SMILES string of the molecule is CN1CCN(CCCNC(=O)C(=O)Nc2cc(Cl)ccc2O)CC1. The molecule has 1 aromatic rings. The summed E-state index contributed by atoms with van der Waals surface area (Å²) in [6, 6.07) is 4.23. The number of carbonyl (C=O) groups excluding carboxylic acids is 2. The quantitative estimate of drug-likeness (QED) is 0.412. The van der Waals surface area contributed by atoms with Crippen LogP contribution in [0.15, 0.2) is 18.2 Å². The smallest absolute Gasteiger partial charge is 0.313 e. The van der Waals surface area contributed by atoms with E-state index in [4.69, 9.17) is 11.6 Å². The number of benzene rings is 1. The largest absolute Gasteiger partial charge is 0.506 e. The monoisotopic (exact) mass is 354 g/mol. The van der Waals surface area contributed by atoms with Crippen molar-refractivity contribution in [3.05, 3.63) is 23.2 Å². The molecule has 2 rings (SSSR count). The molecule has 0 radical (unpaired) electrons. The number of nitrogens with one attached hydrogen (secondary N) is 2. The van der Waals surface area contributed by atoms with Crippen molar-refractivity contribution in [3.8, 4) is 5.75 Å². The molecule has 1 aliphatic rings. The molecule has 2 amide bonds. The highest BCUT2D eigenvalue weighted by molar-refractivity contribution is 6.40. The number of rotatable bonds is 5. The Morgan fingerprint density at radius 2 is 1.92 bits per heavy atom. The van der Waals surface area contributed by atoms with Crippen molar-refractivity contribution < 1.29 is 14.7 Å². The van der Waals surface area contributed by atoms with Crippen LogP contribution in [0.3, 0.4) is 0 Å². The van der Waals surface area contributed by atoms with Gasteiger partial charge >= 0.3 is 11.8 Å². The van der Waals surface area contributed by atoms with Gasteiger partial charge in [-0.25, -0.2) is 0 Å². The van der Waals surface area contributed by atoms with Gasteiger partial charge in [0.05, 0.1) is 5.69 Å². The zero-order valence-corrected chi connectivity index (χ0v) is 14.5. The van der Waals surface area contributed by atoms with Crippen LogP contribution >= 0.6 is 11.6 Å². The molecule has 0 aliphatic carbocycles. The third-order valence-corrected chi connectivity index (χ3v) is 4.18. The summed E-state index contributed by atoms with van der Waals surface area (Å²) in [5.41, 5.74) is 0.111. The molecule has 3 N–H and O–H groups in total. The summed E-state index contributed by atoms with van der Waals surface area (Å²) in [6.07, 6.45) is 0.783. The topological polar surface area (TPSA) is 84.9 Å². The van der Waals surface area contributed by atoms with Gasteiger partial charge in [0.2, 0.25) is 0 Å². The summed E-state index contributed by atoms with van der Waals surface area (Å²) in [7, 11) is 2.11. The van der Waals surface area contributed by atoms with Crippen LogP contribution in [-0.4, -0.2) is 73.0 Å². The second-order valence-corrected chi connectivity index (χ2v) is 6.31. The maximum absolute atomic E-state index is 11.8. The lowest BCUT2D eigenvalue weighted by molar-refractivity contribution is -0.136. The van der Waals surface area contributed by atoms with Gasteiger partial charge in [0.15, 0.2) is 0 Å². The Morgan fingerprint density at radius 3 is 2.62 bits per heavy atom. The van der Waals surface area contributed by atoms with Crippen LogP contribution in [0.5, 0.6) is 5.75 Å². The van der Waals surface area contributed by atoms with Gasteiger partial charge in [-0.1, -0.05) is 11.6 Å². The van der Waals surface area contributed by atoms with Crippen molar-refractivity contribution in [3.63, 3.8) is 0 Å². The van der Waals surface area contributed by atoms with Crippen LogP contribution in [0, 0.1) is 0 Å². The van der Waals surface area contributed by atoms with Crippen LogP contribution in [-0.2, 0) is 9.59 Å². The minimum Gasteiger partial charge on any atom is -0.506 e. The van der Waals surface area contributed by atoms with Crippen molar-refractivity contribution >= 4 is 29.1 Å². The summed E-state index contributed by atoms with van der Waals surface area (Å²) in [4.78, 5) is 28.2. The van der Waals surface area contributed by atoms with E-state index in [1.54, 1.807) is 0 Å². The zero-order chi connectivity index (χ0) is 17.5. The number of aromatic hydroxyl groups is 1. The summed E-state index contributed by atoms with van der Waals surface area (Å²) < 4.78 is 0. The lowest BCUT2D eigenvalue weighted by Crippen LogP contribution is -2.45. The normalized spacial score (nSPS) is 15.9. The molecular weight excluding hydrogens is 332 g/mol. The first kappa shape index (κ1) is 18.5. The molecule has 0 aromatic heterocycles. The van der Waals surface area contributed by atoms with Crippen LogP contribution in [0.1, 0.15) is 6.42 Å². The van der Waals surface area contributed by atoms with Crippen molar-refractivity contribution in [1.82, 2.24) is 15.1 Å². The third kappa shape index (κ3) is 5.67. The maximum Gasteiger partial charge on any atom is 0.313 e. The number of hydrogen-bond donors (Lipinski definition) is 3. The number of likely N-dealkylation sites (N-methyl/N-ethyl adjacent to an activating group) is 1. The molecule has 1 aliphatic heterocycles. The van der Waals surface area contributed by atoms with Gasteiger partial charge in [0.25, 0.3) is 0 Å². The fraction of sp³-hybridized carbons (Fsp3) is 0.500. The highest BCUT2D eigenvalue weighted by atomic mass is 35.5. The van der Waals surface area contributed by atoms with E-state index in [-0.39, 0.29) is 11.4 Å². The highest BCUT2D eigenvalue weighted by Gasteiger charge is 2.16. The molecule has 1 heterocycles. The summed E-state index contributed by atoms with van der Waals surface area (Å²) in [5, 5.41) is 14.9. The van der Waals surface area contributed by atoms with Gasteiger partial charge in [-0.05, 0) is 38.2 Å². The lowest BCUT2D eigenvalue weighted by atomic mass is 10.3. The van der Waals surface area contributed by atoms with Gasteiger partial charge in [-0.15, -0.1) is 0 Å². The Balaban J connectivity index is 1.68. The predicted octanol–water partition coefficient (Wildman–Crippen LogP) is 0.738. The molecule has 0 spiro atoms. The minimum atomic E-state index is -0.827. The molecule has 8 heteroatoms. The standard InChI is InChI=1S/C16H23ClN4O3/c1-20-7-9-21(10-8-20)6-2-5-18-15(23)16(24)19-13-11-12(17)3-4-14(13)22/h3-4,11,22H,2,5-10H2,1H3,(H,18,23)(H,19,24). The third-order valence-electron chi connectivity index (χ3n) is 3.95. The van der Waals surface area contributed by atoms with E-state index in [0.717, 1.165) is 39.1 Å². The fourth-order valence-electron chi connectivity index (χ4n) is 2.44. The lowest BCUT2D eigenvalue weighted by Gasteiger charge is -2.32. The molecule has 1 aromatic carbocycles. The van der Waals surface area contributed by atoms with Crippen molar-refractivity contribution in [2.75, 3.05) is 51.6 Å². The number of phenolic OH excluding ortho intramolecular Hbond substituents is 1. The highest BCUT2D eigenvalue weighted by Crippen LogP contribution is 2.26. The minimum absolute atomic E-state index is 0.111. The molecule has 0 saturated carbocycles. The van der Waals surface area contributed by atoms with Crippen molar-refractivity contribution in [1.29, 1.82) is 0 Å². The van der Waals surface area contributed by atoms with E-state index in [0.29, 0.717) is 11.6 Å². The molecule has 7 nitrogen and oxygen atoms in total. The summed E-state index contributed by atoms with van der Waals surface area (Å²) >= 11 is 5.79. The van der Waals surface area contributed by atoms with Gasteiger partial charge in [0, 0.05) is 37.7 Å². The second kappa shape index (κ2) is 8.86. The first-order valence-electron chi connectivity index (χ1n) is 7.94. The van der Waals surface area contributed by atoms with Gasteiger partial charge in [-0.2, -0.15) is 0 Å². The number of nitrogens with zero attached hydrogens (tertiary/aromatic N) is 2. The molecule has 0 unspecified atom stereocenters. The molecular formula is C16H23ClN4O3. The maximum atomic E-state index is 11.8. The van der Waals surface area contributed by atoms with E-state index >= 15 is 0 Å². The van der Waals surface area contributed by atoms with Crippen LogP contribution in [0.25, 0.3) is 0 Å². The molecule has 1 saturated heterocycles. The average molecular weight is 355 g/mol. The molecule has 24 heavy (non-hydrogen) atoms. The zero-order valence-electron chi connectivity index (χ0n) is 13.7. The Morgan fingerprint density at radius 1 is 1.21 bits per heavy atom. The number of amides is 2. The average Bonchev–Trinajstić information content (AvgIpc) is 2.56. The van der Waals surface area contributed by atoms with Crippen LogP contribution in [0.4, 0.5) is 5.69 Å². The molecule has 132 valence electrons. The van der Waals surface area contributed by atoms with E-state index in [1.165, 1.54) is 18.2 Å². The van der Waals surface area contributed by atoms with Gasteiger partial charge < -0.3 is 25.5 Å². The number of phenols is 1. The number of halogens is 1. The van der Waals surface area contributed by atoms with Crippen molar-refractivity contribution in [2.45, 2.75) is 6.42 Å². The van der Waals surface area contributed by atoms with E-state index < -0.39 is 11.8 Å². The molecule has 1 fully saturated rings. The first-order chi connectivity index (χ1) is 11.5. The predicted molar refractivity (Wildman–Crippen MR) is 93.3 cm³/mol. The number of anilines is 1. The fourth-order valence-corrected chi connectivity index (χ4v) is 2.62. The summed E-state index contributed by atoms with van der Waals surface area (Å²) in [5.74, 6) is -1.70. The Labute approximate surface area is 146 Å². The second-order valence-electron chi connectivity index (χ2n) is 5.87. The van der Waals surface area contributed by atoms with E-state index in [2.05, 4.69) is 27.5 Å². The van der Waals surface area contributed by atoms with Crippen LogP contribution < -0.4 is 10.6 Å². The Bertz CT molecular complexity index is 589. The molecule has 0 bridgehead atoms. The number of hydrogen-bond acceptors (Lipinski definition) is 5. The van der Waals surface area contributed by atoms with Crippen molar-refractivity contribution in [2.24, 2.45) is 0 Å². The Hall–Kier alpha value is -1.83. The van der Waals surface area contributed by atoms with Crippen LogP contribution in [0.2, 0.25) is 5.02 Å². The number of carbonyl (C=O) groups is 2. The van der Waals surface area contributed by atoms with Gasteiger partial charge in [0.1, 0.15) is 5.75 Å². The first-order valence-corrected chi connectivity index (χ1v) is 8.32. The van der Waals surface area contributed by atoms with E-state index in [9.17, 15) is 14.7 Å². The Kier molecular flexibility index (Phi) is 6.84. The van der Waals surface area contributed by atoms with Gasteiger partial charge in [-0.3, -0.25) is 9.59 Å². The van der Waals surface area contributed by atoms with E-state index in [1.807, 2.05) is 0 Å². The molecule has 0 atom stereocenters. The summed E-state index contributed by atoms with van der Waals surface area (Å²) in [6.45, 7) is 5.48.